The number of carboxylic acid groups (broad SMARTS) is 1. The van der Waals surface area contributed by atoms with E-state index < -0.39 is 34.7 Å². The van der Waals surface area contributed by atoms with Crippen molar-refractivity contribution >= 4 is 18.2 Å². The van der Waals surface area contributed by atoms with Crippen LogP contribution in [0.3, 0.4) is 0 Å². The molecule has 0 saturated carbocycles. The maximum atomic E-state index is 14.0. The highest BCUT2D eigenvalue weighted by Gasteiger charge is 2.55. The van der Waals surface area contributed by atoms with E-state index in [1.165, 1.54) is 9.80 Å². The first-order valence-corrected chi connectivity index (χ1v) is 14.1. The SMILES string of the molecule is CN(C)CC(C)(C)CN(C(=O)OCC1c2ccccc2-c2ccccc21)C1(C(=O)O)CCN(C(=O)OC(C)(C)C)C1. The second kappa shape index (κ2) is 11.4. The molecule has 1 fully saturated rings. The Labute approximate surface area is 243 Å². The number of aliphatic carboxylic acids is 1. The Morgan fingerprint density at radius 1 is 0.951 bits per heavy atom. The Balaban J connectivity index is 1.63. The molecule has 9 nitrogen and oxygen atoms in total. The van der Waals surface area contributed by atoms with E-state index in [1.807, 2.05) is 69.2 Å². The number of rotatable bonds is 8. The smallest absolute Gasteiger partial charge is 0.410 e. The summed E-state index contributed by atoms with van der Waals surface area (Å²) in [5.74, 6) is -1.33. The molecule has 1 aliphatic heterocycles. The van der Waals surface area contributed by atoms with Crippen LogP contribution in [-0.2, 0) is 14.3 Å². The molecule has 2 aromatic carbocycles. The van der Waals surface area contributed by atoms with Gasteiger partial charge in [0.2, 0.25) is 0 Å². The van der Waals surface area contributed by atoms with Gasteiger partial charge in [-0.1, -0.05) is 62.4 Å². The largest absolute Gasteiger partial charge is 0.479 e. The van der Waals surface area contributed by atoms with Crippen molar-refractivity contribution in [3.63, 3.8) is 0 Å². The average Bonchev–Trinajstić information content (AvgIpc) is 3.46. The number of hydrogen-bond donors (Lipinski definition) is 1. The number of likely N-dealkylation sites (tertiary alicyclic amines) is 1. The van der Waals surface area contributed by atoms with Gasteiger partial charge in [0.15, 0.2) is 5.54 Å². The molecule has 0 radical (unpaired) electrons. The Kier molecular flexibility index (Phi) is 8.41. The Bertz CT molecular complexity index is 1250. The van der Waals surface area contributed by atoms with Crippen LogP contribution in [0.4, 0.5) is 9.59 Å². The number of carbonyl (C=O) groups excluding carboxylic acids is 2. The zero-order chi connectivity index (χ0) is 30.2. The molecule has 0 bridgehead atoms. The molecule has 2 aliphatic rings. The van der Waals surface area contributed by atoms with E-state index in [1.54, 1.807) is 20.8 Å². The lowest BCUT2D eigenvalue weighted by Crippen LogP contribution is -2.61. The fraction of sp³-hybridized carbons (Fsp3) is 0.531. The zero-order valence-electron chi connectivity index (χ0n) is 25.3. The summed E-state index contributed by atoms with van der Waals surface area (Å²) >= 11 is 0. The molecule has 2 aromatic rings. The number of fused-ring (bicyclic) bond motifs is 3. The van der Waals surface area contributed by atoms with Crippen molar-refractivity contribution in [2.24, 2.45) is 5.41 Å². The minimum atomic E-state index is -1.65. The minimum Gasteiger partial charge on any atom is -0.479 e. The maximum absolute atomic E-state index is 14.0. The predicted molar refractivity (Wildman–Crippen MR) is 157 cm³/mol. The molecule has 1 aliphatic carbocycles. The highest BCUT2D eigenvalue weighted by Crippen LogP contribution is 2.45. The molecule has 0 aromatic heterocycles. The number of hydrogen-bond acceptors (Lipinski definition) is 6. The highest BCUT2D eigenvalue weighted by molar-refractivity contribution is 5.87. The topological polar surface area (TPSA) is 99.6 Å². The van der Waals surface area contributed by atoms with E-state index in [9.17, 15) is 19.5 Å². The minimum absolute atomic E-state index is 0.0724. The summed E-state index contributed by atoms with van der Waals surface area (Å²) in [5.41, 5.74) is 1.53. The second-order valence-electron chi connectivity index (χ2n) is 13.3. The van der Waals surface area contributed by atoms with Gasteiger partial charge in [0.1, 0.15) is 12.2 Å². The van der Waals surface area contributed by atoms with Gasteiger partial charge < -0.3 is 24.4 Å². The molecular formula is C32H43N3O6. The molecule has 0 spiro atoms. The van der Waals surface area contributed by atoms with Crippen LogP contribution in [0.1, 0.15) is 58.1 Å². The Morgan fingerprint density at radius 2 is 1.51 bits per heavy atom. The summed E-state index contributed by atoms with van der Waals surface area (Å²) in [5, 5.41) is 10.6. The molecule has 1 unspecified atom stereocenters. The number of carbonyl (C=O) groups is 3. The molecule has 2 amide bonds. The number of benzene rings is 2. The Hall–Kier alpha value is -3.59. The van der Waals surface area contributed by atoms with Crippen LogP contribution in [0.2, 0.25) is 0 Å². The number of amides is 2. The van der Waals surface area contributed by atoms with Crippen LogP contribution >= 0.6 is 0 Å². The molecule has 9 heteroatoms. The lowest BCUT2D eigenvalue weighted by atomic mass is 9.88. The number of carboxylic acids is 1. The van der Waals surface area contributed by atoms with E-state index in [2.05, 4.69) is 12.1 Å². The van der Waals surface area contributed by atoms with E-state index in [4.69, 9.17) is 9.47 Å². The third-order valence-corrected chi connectivity index (χ3v) is 7.70. The van der Waals surface area contributed by atoms with Gasteiger partial charge in [-0.3, -0.25) is 4.90 Å². The summed E-state index contributed by atoms with van der Waals surface area (Å²) in [4.78, 5) is 44.6. The molecule has 1 atom stereocenters. The summed E-state index contributed by atoms with van der Waals surface area (Å²) in [7, 11) is 3.87. The quantitative estimate of drug-likeness (QED) is 0.464. The molecule has 222 valence electrons. The lowest BCUT2D eigenvalue weighted by molar-refractivity contribution is -0.150. The van der Waals surface area contributed by atoms with Gasteiger partial charge in [0, 0.05) is 32.0 Å². The standard InChI is InChI=1S/C32H43N3O6/c1-30(2,3)41-28(38)34-17-16-32(21-34,27(36)37)35(20-31(4,5)19-33(6)7)29(39)40-18-26-24-14-10-8-12-22(24)23-13-9-11-15-25(23)26/h8-15,26H,16-21H2,1-7H3,(H,36,37). The van der Waals surface area contributed by atoms with Gasteiger partial charge in [-0.05, 0) is 62.5 Å². The van der Waals surface area contributed by atoms with Gasteiger partial charge in [-0.25, -0.2) is 14.4 Å². The average molecular weight is 566 g/mol. The first-order chi connectivity index (χ1) is 19.1. The van der Waals surface area contributed by atoms with Crippen LogP contribution in [0.5, 0.6) is 0 Å². The summed E-state index contributed by atoms with van der Waals surface area (Å²) in [6.07, 6.45) is -1.23. The third-order valence-electron chi connectivity index (χ3n) is 7.70. The predicted octanol–water partition coefficient (Wildman–Crippen LogP) is 5.29. The van der Waals surface area contributed by atoms with Gasteiger partial charge in [0.05, 0.1) is 6.54 Å². The molecular weight excluding hydrogens is 522 g/mol. The van der Waals surface area contributed by atoms with E-state index >= 15 is 0 Å². The van der Waals surface area contributed by atoms with Gasteiger partial charge in [-0.15, -0.1) is 0 Å². The Morgan fingerprint density at radius 3 is 2.02 bits per heavy atom. The maximum Gasteiger partial charge on any atom is 0.410 e. The van der Waals surface area contributed by atoms with E-state index in [0.29, 0.717) is 6.54 Å². The van der Waals surface area contributed by atoms with Crippen LogP contribution in [0, 0.1) is 5.41 Å². The van der Waals surface area contributed by atoms with Crippen LogP contribution in [0.25, 0.3) is 11.1 Å². The zero-order valence-corrected chi connectivity index (χ0v) is 25.3. The summed E-state index contributed by atoms with van der Waals surface area (Å²) in [6, 6.07) is 16.1. The molecule has 1 heterocycles. The van der Waals surface area contributed by atoms with Crippen molar-refractivity contribution in [2.75, 3.05) is 46.9 Å². The summed E-state index contributed by atoms with van der Waals surface area (Å²) in [6.45, 7) is 10.1. The van der Waals surface area contributed by atoms with Crippen molar-refractivity contribution in [2.45, 2.75) is 58.1 Å². The molecule has 41 heavy (non-hydrogen) atoms. The van der Waals surface area contributed by atoms with Crippen molar-refractivity contribution < 1.29 is 29.0 Å². The lowest BCUT2D eigenvalue weighted by Gasteiger charge is -2.42. The van der Waals surface area contributed by atoms with Crippen LogP contribution in [0.15, 0.2) is 48.5 Å². The molecule has 1 N–H and O–H groups in total. The first kappa shape index (κ1) is 30.4. The van der Waals surface area contributed by atoms with E-state index in [0.717, 1.165) is 22.3 Å². The highest BCUT2D eigenvalue weighted by atomic mass is 16.6. The van der Waals surface area contributed by atoms with Gasteiger partial charge in [-0.2, -0.15) is 0 Å². The fourth-order valence-corrected chi connectivity index (χ4v) is 6.18. The monoisotopic (exact) mass is 565 g/mol. The first-order valence-electron chi connectivity index (χ1n) is 14.1. The normalized spacial score (nSPS) is 18.7. The van der Waals surface area contributed by atoms with Crippen molar-refractivity contribution in [3.05, 3.63) is 59.7 Å². The third kappa shape index (κ3) is 6.50. The fourth-order valence-electron chi connectivity index (χ4n) is 6.18. The van der Waals surface area contributed by atoms with Crippen molar-refractivity contribution in [1.29, 1.82) is 0 Å². The second-order valence-corrected chi connectivity index (χ2v) is 13.3. The van der Waals surface area contributed by atoms with Gasteiger partial charge >= 0.3 is 18.2 Å². The van der Waals surface area contributed by atoms with Crippen LogP contribution in [-0.4, -0.2) is 96.0 Å². The van der Waals surface area contributed by atoms with Crippen LogP contribution < -0.4 is 0 Å². The van der Waals surface area contributed by atoms with Crippen molar-refractivity contribution in [3.8, 4) is 11.1 Å². The molecule has 4 rings (SSSR count). The van der Waals surface area contributed by atoms with Crippen molar-refractivity contribution in [1.82, 2.24) is 14.7 Å². The summed E-state index contributed by atoms with van der Waals surface area (Å²) < 4.78 is 11.5. The van der Waals surface area contributed by atoms with Gasteiger partial charge in [0.25, 0.3) is 0 Å². The molecule has 1 saturated heterocycles. The van der Waals surface area contributed by atoms with E-state index in [-0.39, 0.29) is 38.6 Å². The number of ether oxygens (including phenoxy) is 2. The number of nitrogens with zero attached hydrogens (tertiary/aromatic N) is 3.